The number of hydrogen-bond donors (Lipinski definition) is 0. The van der Waals surface area contributed by atoms with E-state index in [4.69, 9.17) is 0 Å². The molecule has 0 amide bonds. The predicted molar refractivity (Wildman–Crippen MR) is 51.3 cm³/mol. The molecule has 0 aromatic carbocycles. The SMILES string of the molecule is O=C1C=CC23CCCCC2CCC13. The summed E-state index contributed by atoms with van der Waals surface area (Å²) in [6, 6.07) is 0. The first kappa shape index (κ1) is 7.78. The second kappa shape index (κ2) is 2.46. The molecule has 0 saturated heterocycles. The zero-order valence-electron chi connectivity index (χ0n) is 7.96. The summed E-state index contributed by atoms with van der Waals surface area (Å²) in [5, 5.41) is 0. The van der Waals surface area contributed by atoms with Gasteiger partial charge in [0.05, 0.1) is 0 Å². The standard InChI is InChI=1S/C12H16O/c13-11-6-8-12-7-2-1-3-9(12)4-5-10(11)12/h6,8-10H,1-5,7H2. The van der Waals surface area contributed by atoms with Gasteiger partial charge in [-0.05, 0) is 37.7 Å². The van der Waals surface area contributed by atoms with Gasteiger partial charge in [0.1, 0.15) is 0 Å². The maximum atomic E-state index is 11.6. The Morgan fingerprint density at radius 3 is 3.08 bits per heavy atom. The second-order valence-electron chi connectivity index (χ2n) is 4.92. The van der Waals surface area contributed by atoms with Crippen LogP contribution in [0.3, 0.4) is 0 Å². The Bertz CT molecular complexity index is 279. The summed E-state index contributed by atoms with van der Waals surface area (Å²) in [6.45, 7) is 0. The first-order valence-corrected chi connectivity index (χ1v) is 5.56. The number of ketones is 1. The third kappa shape index (κ3) is 0.853. The van der Waals surface area contributed by atoms with Crippen molar-refractivity contribution in [2.24, 2.45) is 17.3 Å². The fourth-order valence-corrected chi connectivity index (χ4v) is 3.90. The monoisotopic (exact) mass is 176 g/mol. The van der Waals surface area contributed by atoms with Crippen molar-refractivity contribution in [1.82, 2.24) is 0 Å². The van der Waals surface area contributed by atoms with Crippen LogP contribution in [0.1, 0.15) is 38.5 Å². The molecule has 3 atom stereocenters. The van der Waals surface area contributed by atoms with Crippen LogP contribution < -0.4 is 0 Å². The van der Waals surface area contributed by atoms with Crippen molar-refractivity contribution >= 4 is 5.78 Å². The smallest absolute Gasteiger partial charge is 0.159 e. The van der Waals surface area contributed by atoms with E-state index in [1.165, 1.54) is 32.1 Å². The highest BCUT2D eigenvalue weighted by molar-refractivity contribution is 5.95. The Labute approximate surface area is 79.2 Å². The van der Waals surface area contributed by atoms with Crippen molar-refractivity contribution < 1.29 is 4.79 Å². The Morgan fingerprint density at radius 2 is 2.15 bits per heavy atom. The summed E-state index contributed by atoms with van der Waals surface area (Å²) in [7, 11) is 0. The van der Waals surface area contributed by atoms with Crippen molar-refractivity contribution in [2.75, 3.05) is 0 Å². The van der Waals surface area contributed by atoms with Crippen LogP contribution in [0.4, 0.5) is 0 Å². The lowest BCUT2D eigenvalue weighted by Gasteiger charge is -2.38. The highest BCUT2D eigenvalue weighted by Gasteiger charge is 2.53. The van der Waals surface area contributed by atoms with E-state index in [2.05, 4.69) is 6.08 Å². The average Bonchev–Trinajstić information content (AvgIpc) is 2.65. The van der Waals surface area contributed by atoms with Crippen molar-refractivity contribution in [3.8, 4) is 0 Å². The Kier molecular flexibility index (Phi) is 1.47. The lowest BCUT2D eigenvalue weighted by molar-refractivity contribution is -0.119. The number of rotatable bonds is 0. The van der Waals surface area contributed by atoms with E-state index in [0.29, 0.717) is 17.1 Å². The van der Waals surface area contributed by atoms with Gasteiger partial charge in [-0.2, -0.15) is 0 Å². The van der Waals surface area contributed by atoms with Crippen LogP contribution in [-0.4, -0.2) is 5.78 Å². The van der Waals surface area contributed by atoms with E-state index in [0.717, 1.165) is 12.3 Å². The molecule has 0 aliphatic heterocycles. The Balaban J connectivity index is 2.01. The summed E-state index contributed by atoms with van der Waals surface area (Å²) in [5.41, 5.74) is 0.343. The highest BCUT2D eigenvalue weighted by atomic mass is 16.1. The lowest BCUT2D eigenvalue weighted by atomic mass is 9.66. The van der Waals surface area contributed by atoms with E-state index in [1.807, 2.05) is 6.08 Å². The number of allylic oxidation sites excluding steroid dienone is 2. The normalized spacial score (nSPS) is 47.8. The van der Waals surface area contributed by atoms with Gasteiger partial charge >= 0.3 is 0 Å². The summed E-state index contributed by atoms with van der Waals surface area (Å²) in [4.78, 5) is 11.6. The summed E-state index contributed by atoms with van der Waals surface area (Å²) in [6.07, 6.45) is 12.0. The molecule has 0 aromatic heterocycles. The zero-order valence-corrected chi connectivity index (χ0v) is 7.96. The number of hydrogen-bond acceptors (Lipinski definition) is 1. The van der Waals surface area contributed by atoms with Crippen LogP contribution in [0.15, 0.2) is 12.2 Å². The maximum Gasteiger partial charge on any atom is 0.159 e. The number of carbonyl (C=O) groups is 1. The van der Waals surface area contributed by atoms with Crippen LogP contribution >= 0.6 is 0 Å². The third-order valence-corrected chi connectivity index (χ3v) is 4.53. The van der Waals surface area contributed by atoms with Gasteiger partial charge in [-0.3, -0.25) is 4.79 Å². The van der Waals surface area contributed by atoms with Crippen LogP contribution in [0.25, 0.3) is 0 Å². The molecule has 3 rings (SSSR count). The average molecular weight is 176 g/mol. The van der Waals surface area contributed by atoms with E-state index in [-0.39, 0.29) is 0 Å². The van der Waals surface area contributed by atoms with Gasteiger partial charge in [0, 0.05) is 11.3 Å². The molecule has 3 aliphatic rings. The summed E-state index contributed by atoms with van der Waals surface area (Å²) >= 11 is 0. The molecule has 1 nitrogen and oxygen atoms in total. The molecule has 2 fully saturated rings. The molecule has 0 N–H and O–H groups in total. The molecule has 70 valence electrons. The topological polar surface area (TPSA) is 17.1 Å². The van der Waals surface area contributed by atoms with Crippen molar-refractivity contribution in [3.63, 3.8) is 0 Å². The van der Waals surface area contributed by atoms with Gasteiger partial charge in [0.2, 0.25) is 0 Å². The molecule has 0 radical (unpaired) electrons. The van der Waals surface area contributed by atoms with Crippen molar-refractivity contribution in [1.29, 1.82) is 0 Å². The molecule has 1 heteroatoms. The summed E-state index contributed by atoms with van der Waals surface area (Å²) < 4.78 is 0. The fourth-order valence-electron chi connectivity index (χ4n) is 3.90. The van der Waals surface area contributed by atoms with Gasteiger partial charge in [-0.25, -0.2) is 0 Å². The van der Waals surface area contributed by atoms with E-state index in [1.54, 1.807) is 0 Å². The second-order valence-corrected chi connectivity index (χ2v) is 4.92. The first-order chi connectivity index (χ1) is 6.33. The minimum Gasteiger partial charge on any atom is -0.295 e. The predicted octanol–water partition coefficient (Wildman–Crippen LogP) is 2.71. The van der Waals surface area contributed by atoms with Crippen molar-refractivity contribution in [2.45, 2.75) is 38.5 Å². The molecular formula is C12H16O. The molecule has 2 saturated carbocycles. The molecule has 1 spiro atoms. The fraction of sp³-hybridized carbons (Fsp3) is 0.750. The third-order valence-electron chi connectivity index (χ3n) is 4.53. The lowest BCUT2D eigenvalue weighted by Crippen LogP contribution is -2.32. The minimum absolute atomic E-state index is 0.343. The summed E-state index contributed by atoms with van der Waals surface area (Å²) in [5.74, 6) is 1.65. The van der Waals surface area contributed by atoms with E-state index in [9.17, 15) is 4.79 Å². The van der Waals surface area contributed by atoms with E-state index >= 15 is 0 Å². The molecule has 3 aliphatic carbocycles. The van der Waals surface area contributed by atoms with Crippen LogP contribution in [0, 0.1) is 17.3 Å². The van der Waals surface area contributed by atoms with Crippen molar-refractivity contribution in [3.05, 3.63) is 12.2 Å². The van der Waals surface area contributed by atoms with Gasteiger partial charge in [-0.15, -0.1) is 0 Å². The van der Waals surface area contributed by atoms with Crippen LogP contribution in [0.2, 0.25) is 0 Å². The molecule has 0 bridgehead atoms. The molecule has 0 aromatic rings. The van der Waals surface area contributed by atoms with Gasteiger partial charge < -0.3 is 0 Å². The van der Waals surface area contributed by atoms with Gasteiger partial charge in [-0.1, -0.05) is 18.9 Å². The van der Waals surface area contributed by atoms with Gasteiger partial charge in [0.15, 0.2) is 5.78 Å². The molecular weight excluding hydrogens is 160 g/mol. The van der Waals surface area contributed by atoms with Gasteiger partial charge in [0.25, 0.3) is 0 Å². The van der Waals surface area contributed by atoms with Crippen LogP contribution in [-0.2, 0) is 4.79 Å². The highest BCUT2D eigenvalue weighted by Crippen LogP contribution is 2.59. The van der Waals surface area contributed by atoms with E-state index < -0.39 is 0 Å². The molecule has 3 unspecified atom stereocenters. The Hall–Kier alpha value is -0.590. The largest absolute Gasteiger partial charge is 0.295 e. The van der Waals surface area contributed by atoms with Crippen LogP contribution in [0.5, 0.6) is 0 Å². The molecule has 13 heavy (non-hydrogen) atoms. The quantitative estimate of drug-likeness (QED) is 0.554. The Morgan fingerprint density at radius 1 is 1.23 bits per heavy atom. The minimum atomic E-state index is 0.343. The zero-order chi connectivity index (χ0) is 8.89. The maximum absolute atomic E-state index is 11.6. The molecule has 0 heterocycles. The first-order valence-electron chi connectivity index (χ1n) is 5.56. The number of carbonyl (C=O) groups excluding carboxylic acids is 1.